The van der Waals surface area contributed by atoms with Crippen molar-refractivity contribution < 1.29 is 27.3 Å². The van der Waals surface area contributed by atoms with Crippen molar-refractivity contribution in [2.75, 3.05) is 12.4 Å². The van der Waals surface area contributed by atoms with Crippen molar-refractivity contribution in [1.29, 1.82) is 0 Å². The van der Waals surface area contributed by atoms with Gasteiger partial charge in [0.15, 0.2) is 21.4 Å². The first-order valence-electron chi connectivity index (χ1n) is 8.53. The molecule has 0 N–H and O–H groups in total. The quantitative estimate of drug-likeness (QED) is 0.506. The highest BCUT2D eigenvalue weighted by Gasteiger charge is 2.38. The van der Waals surface area contributed by atoms with Crippen LogP contribution in [0.4, 0.5) is 0 Å². The van der Waals surface area contributed by atoms with Gasteiger partial charge >= 0.3 is 5.97 Å². The van der Waals surface area contributed by atoms with Gasteiger partial charge in [-0.05, 0) is 38.0 Å². The summed E-state index contributed by atoms with van der Waals surface area (Å²) in [4.78, 5) is 25.0. The van der Waals surface area contributed by atoms with Crippen LogP contribution in [0.2, 0.25) is 5.02 Å². The van der Waals surface area contributed by atoms with Crippen molar-refractivity contribution in [3.8, 4) is 11.3 Å². The first-order valence-corrected chi connectivity index (χ1v) is 10.6. The van der Waals surface area contributed by atoms with E-state index in [0.717, 1.165) is 12.8 Å². The van der Waals surface area contributed by atoms with E-state index < -0.39 is 15.8 Å². The van der Waals surface area contributed by atoms with Crippen molar-refractivity contribution >= 4 is 33.2 Å². The number of Topliss-reactive ketones (excluding diaryl/α,β-unsaturated/α-hetero) is 1. The summed E-state index contributed by atoms with van der Waals surface area (Å²) in [7, 11) is -3.44. The van der Waals surface area contributed by atoms with Crippen LogP contribution >= 0.6 is 11.6 Å². The Morgan fingerprint density at radius 3 is 2.56 bits per heavy atom. The normalized spacial score (nSPS) is 14.2. The molecule has 0 spiro atoms. The number of halogens is 1. The van der Waals surface area contributed by atoms with E-state index in [1.807, 2.05) is 0 Å². The van der Waals surface area contributed by atoms with E-state index in [1.54, 1.807) is 6.92 Å². The summed E-state index contributed by atoms with van der Waals surface area (Å²) in [5.74, 6) is -1.22. The van der Waals surface area contributed by atoms with Crippen molar-refractivity contribution in [3.05, 3.63) is 34.5 Å². The van der Waals surface area contributed by atoms with Crippen LogP contribution < -0.4 is 0 Å². The van der Waals surface area contributed by atoms with Crippen LogP contribution in [0, 0.1) is 5.92 Å². The molecule has 3 rings (SSSR count). The lowest BCUT2D eigenvalue weighted by molar-refractivity contribution is 0.0511. The highest BCUT2D eigenvalue weighted by Crippen LogP contribution is 2.39. The highest BCUT2D eigenvalue weighted by molar-refractivity contribution is 7.91. The molecule has 1 aromatic carbocycles. The Morgan fingerprint density at radius 2 is 2.00 bits per heavy atom. The van der Waals surface area contributed by atoms with Crippen LogP contribution in [0.3, 0.4) is 0 Å². The van der Waals surface area contributed by atoms with Crippen LogP contribution in [0.1, 0.15) is 47.5 Å². The van der Waals surface area contributed by atoms with Gasteiger partial charge in [-0.15, -0.1) is 0 Å². The number of carbonyl (C=O) groups excluding carboxylic acids is 2. The molecule has 1 fully saturated rings. The second kappa shape index (κ2) is 7.44. The van der Waals surface area contributed by atoms with Crippen LogP contribution in [0.15, 0.2) is 27.6 Å². The third-order valence-corrected chi connectivity index (χ3v) is 6.32. The maximum atomic E-state index is 12.7. The summed E-state index contributed by atoms with van der Waals surface area (Å²) in [5.41, 5.74) is 0.132. The van der Waals surface area contributed by atoms with Gasteiger partial charge in [0.1, 0.15) is 5.56 Å². The molecule has 7 nitrogen and oxygen atoms in total. The maximum absolute atomic E-state index is 12.7. The summed E-state index contributed by atoms with van der Waals surface area (Å²) >= 11 is 6.27. The van der Waals surface area contributed by atoms with Gasteiger partial charge in [0.05, 0.1) is 22.3 Å². The molecule has 0 unspecified atom stereocenters. The van der Waals surface area contributed by atoms with E-state index >= 15 is 0 Å². The molecule has 2 aromatic rings. The molecule has 1 aliphatic rings. The molecule has 0 radical (unpaired) electrons. The molecule has 1 heterocycles. The van der Waals surface area contributed by atoms with E-state index in [-0.39, 0.29) is 51.0 Å². The van der Waals surface area contributed by atoms with Crippen LogP contribution in [0.5, 0.6) is 0 Å². The van der Waals surface area contributed by atoms with Crippen LogP contribution in [-0.4, -0.2) is 37.7 Å². The smallest absolute Gasteiger partial charge is 0.361 e. The number of nitrogens with zero attached hydrogens (tertiary/aromatic N) is 1. The van der Waals surface area contributed by atoms with Crippen molar-refractivity contribution in [1.82, 2.24) is 5.16 Å². The zero-order valence-electron chi connectivity index (χ0n) is 14.8. The predicted octanol–water partition coefficient (Wildman–Crippen LogP) is 3.56. The number of esters is 1. The number of hydrogen-bond acceptors (Lipinski definition) is 7. The van der Waals surface area contributed by atoms with Gasteiger partial charge in [0.2, 0.25) is 5.69 Å². The number of sulfone groups is 1. The third kappa shape index (κ3) is 3.77. The number of carbonyl (C=O) groups is 2. The zero-order chi connectivity index (χ0) is 19.8. The monoisotopic (exact) mass is 411 g/mol. The van der Waals surface area contributed by atoms with Gasteiger partial charge < -0.3 is 9.26 Å². The van der Waals surface area contributed by atoms with Gasteiger partial charge in [-0.1, -0.05) is 23.7 Å². The Labute approximate surface area is 161 Å². The standard InChI is InChI=1S/C18H18ClNO6S/c1-3-25-18(22)15-14(16(21)10-5-6-10)17(26-20-15)12-8-7-11(9-13(12)19)27(23,24)4-2/h7-10H,3-6H2,1-2H3. The van der Waals surface area contributed by atoms with Crippen LogP contribution in [-0.2, 0) is 14.6 Å². The molecular weight excluding hydrogens is 394 g/mol. The zero-order valence-corrected chi connectivity index (χ0v) is 16.4. The average Bonchev–Trinajstić information content (AvgIpc) is 3.40. The van der Waals surface area contributed by atoms with Gasteiger partial charge in [-0.3, -0.25) is 4.79 Å². The minimum atomic E-state index is -3.44. The molecule has 27 heavy (non-hydrogen) atoms. The Bertz CT molecular complexity index is 1010. The molecule has 0 amide bonds. The molecular formula is C18H18ClNO6S. The summed E-state index contributed by atoms with van der Waals surface area (Å²) in [5, 5.41) is 3.81. The molecule has 0 atom stereocenters. The topological polar surface area (TPSA) is 104 Å². The average molecular weight is 412 g/mol. The highest BCUT2D eigenvalue weighted by atomic mass is 35.5. The fourth-order valence-electron chi connectivity index (χ4n) is 2.63. The molecule has 0 saturated heterocycles. The summed E-state index contributed by atoms with van der Waals surface area (Å²) < 4.78 is 34.3. The van der Waals surface area contributed by atoms with Crippen molar-refractivity contribution in [3.63, 3.8) is 0 Å². The van der Waals surface area contributed by atoms with Crippen molar-refractivity contribution in [2.45, 2.75) is 31.6 Å². The molecule has 144 valence electrons. The molecule has 9 heteroatoms. The number of ketones is 1. The largest absolute Gasteiger partial charge is 0.461 e. The second-order valence-corrected chi connectivity index (χ2v) is 8.82. The molecule has 1 aromatic heterocycles. The Balaban J connectivity index is 2.11. The first-order chi connectivity index (χ1) is 12.8. The lowest BCUT2D eigenvalue weighted by atomic mass is 10.0. The molecule has 1 saturated carbocycles. The minimum Gasteiger partial charge on any atom is -0.461 e. The van der Waals surface area contributed by atoms with E-state index in [1.165, 1.54) is 25.1 Å². The molecule has 0 bridgehead atoms. The van der Waals surface area contributed by atoms with Gasteiger partial charge in [-0.2, -0.15) is 0 Å². The third-order valence-electron chi connectivity index (χ3n) is 4.28. The van der Waals surface area contributed by atoms with E-state index in [9.17, 15) is 18.0 Å². The number of benzene rings is 1. The number of rotatable bonds is 7. The maximum Gasteiger partial charge on any atom is 0.361 e. The van der Waals surface area contributed by atoms with Crippen LogP contribution in [0.25, 0.3) is 11.3 Å². The van der Waals surface area contributed by atoms with Gasteiger partial charge in [-0.25, -0.2) is 13.2 Å². The molecule has 0 aliphatic heterocycles. The number of aromatic nitrogens is 1. The summed E-state index contributed by atoms with van der Waals surface area (Å²) in [6.07, 6.45) is 1.46. The summed E-state index contributed by atoms with van der Waals surface area (Å²) in [6.45, 7) is 3.30. The van der Waals surface area contributed by atoms with Crippen molar-refractivity contribution in [2.24, 2.45) is 5.92 Å². The lowest BCUT2D eigenvalue weighted by Crippen LogP contribution is -2.13. The first kappa shape index (κ1) is 19.6. The Hall–Kier alpha value is -2.19. The predicted molar refractivity (Wildman–Crippen MR) is 97.7 cm³/mol. The number of hydrogen-bond donors (Lipinski definition) is 0. The Kier molecular flexibility index (Phi) is 5.39. The SMILES string of the molecule is CCOC(=O)c1noc(-c2ccc(S(=O)(=O)CC)cc2Cl)c1C(=O)C1CC1. The lowest BCUT2D eigenvalue weighted by Gasteiger charge is -2.07. The fourth-order valence-corrected chi connectivity index (χ4v) is 3.87. The minimum absolute atomic E-state index is 0.0314. The fraction of sp³-hybridized carbons (Fsp3) is 0.389. The van der Waals surface area contributed by atoms with E-state index in [0.29, 0.717) is 5.56 Å². The molecule has 1 aliphatic carbocycles. The van der Waals surface area contributed by atoms with E-state index in [4.69, 9.17) is 20.9 Å². The van der Waals surface area contributed by atoms with Gasteiger partial charge in [0.25, 0.3) is 0 Å². The van der Waals surface area contributed by atoms with E-state index in [2.05, 4.69) is 5.16 Å². The van der Waals surface area contributed by atoms with Gasteiger partial charge in [0, 0.05) is 11.5 Å². The Morgan fingerprint density at radius 1 is 1.30 bits per heavy atom. The second-order valence-electron chi connectivity index (χ2n) is 6.14. The summed E-state index contributed by atoms with van der Waals surface area (Å²) in [6, 6.07) is 4.13. The number of ether oxygens (including phenoxy) is 1.